The Morgan fingerprint density at radius 1 is 0.897 bits per heavy atom. The summed E-state index contributed by atoms with van der Waals surface area (Å²) in [5.74, 6) is -0.938. The van der Waals surface area contributed by atoms with Gasteiger partial charge in [-0.25, -0.2) is 4.98 Å². The molecule has 144 valence electrons. The quantitative estimate of drug-likeness (QED) is 0.453. The minimum absolute atomic E-state index is 0.295. The van der Waals surface area contributed by atoms with Gasteiger partial charge in [-0.2, -0.15) is 0 Å². The molecule has 0 unspecified atom stereocenters. The van der Waals surface area contributed by atoms with E-state index in [2.05, 4.69) is 26.2 Å². The number of nitrogens with two attached hydrogens (primary N) is 1. The van der Waals surface area contributed by atoms with E-state index in [1.807, 2.05) is 72.8 Å². The summed E-state index contributed by atoms with van der Waals surface area (Å²) in [6.45, 7) is 0. The number of fused-ring (bicyclic) bond motifs is 2. The van der Waals surface area contributed by atoms with Crippen molar-refractivity contribution in [2.75, 3.05) is 0 Å². The number of carbonyl (C=O) groups is 2. The van der Waals surface area contributed by atoms with Crippen LogP contribution in [-0.2, 0) is 11.2 Å². The number of para-hydroxylation sites is 2. The molecule has 0 aliphatic heterocycles. The minimum Gasteiger partial charge on any atom is -0.368 e. The largest absolute Gasteiger partial charge is 0.368 e. The third-order valence-corrected chi connectivity index (χ3v) is 5.62. The summed E-state index contributed by atoms with van der Waals surface area (Å²) in [5.41, 5.74) is 8.43. The normalized spacial score (nSPS) is 12.0. The summed E-state index contributed by atoms with van der Waals surface area (Å²) in [4.78, 5) is 30.0. The number of hydrogen-bond acceptors (Lipinski definition) is 3. The molecule has 1 atom stereocenters. The van der Waals surface area contributed by atoms with E-state index in [0.717, 1.165) is 31.8 Å². The van der Waals surface area contributed by atoms with E-state index in [9.17, 15) is 9.59 Å². The van der Waals surface area contributed by atoms with Gasteiger partial charge in [0, 0.05) is 21.7 Å². The van der Waals surface area contributed by atoms with Gasteiger partial charge in [0.15, 0.2) is 0 Å². The lowest BCUT2D eigenvalue weighted by Gasteiger charge is -2.18. The van der Waals surface area contributed by atoms with Crippen LogP contribution >= 0.6 is 15.9 Å². The number of primary amides is 1. The lowest BCUT2D eigenvalue weighted by atomic mass is 10.0. The van der Waals surface area contributed by atoms with Crippen molar-refractivity contribution in [3.8, 4) is 0 Å². The van der Waals surface area contributed by atoms with Crippen LogP contribution in [0.15, 0.2) is 77.3 Å². The van der Waals surface area contributed by atoms with Crippen LogP contribution in [-0.4, -0.2) is 22.8 Å². The fraction of sp³-hybridized carbons (Fsp3) is 0.0870. The summed E-state index contributed by atoms with van der Waals surface area (Å²) in [6.07, 6.45) is 0.295. The van der Waals surface area contributed by atoms with Gasteiger partial charge in [0.25, 0.3) is 5.91 Å². The molecule has 0 aliphatic rings. The zero-order valence-corrected chi connectivity index (χ0v) is 17.0. The molecule has 5 nitrogen and oxygen atoms in total. The average molecular weight is 448 g/mol. The van der Waals surface area contributed by atoms with Crippen LogP contribution in [0.5, 0.6) is 0 Å². The molecule has 3 aromatic carbocycles. The van der Waals surface area contributed by atoms with Gasteiger partial charge in [-0.3, -0.25) is 9.59 Å². The molecule has 29 heavy (non-hydrogen) atoms. The summed E-state index contributed by atoms with van der Waals surface area (Å²) in [5, 5.41) is 4.29. The second-order valence-corrected chi connectivity index (χ2v) is 7.60. The number of hydrogen-bond donors (Lipinski definition) is 2. The number of rotatable bonds is 5. The Morgan fingerprint density at radius 3 is 2.03 bits per heavy atom. The third kappa shape index (κ3) is 3.84. The van der Waals surface area contributed by atoms with Gasteiger partial charge >= 0.3 is 0 Å². The zero-order chi connectivity index (χ0) is 20.4. The highest BCUT2D eigenvalue weighted by Crippen LogP contribution is 2.26. The van der Waals surface area contributed by atoms with Gasteiger partial charge in [0.2, 0.25) is 5.91 Å². The number of aromatic nitrogens is 1. The van der Waals surface area contributed by atoms with E-state index in [4.69, 9.17) is 5.73 Å². The fourth-order valence-corrected chi connectivity index (χ4v) is 3.87. The summed E-state index contributed by atoms with van der Waals surface area (Å²) >= 11 is 3.48. The van der Waals surface area contributed by atoms with Gasteiger partial charge in [-0.1, -0.05) is 70.5 Å². The number of benzene rings is 3. The molecule has 2 amide bonds. The van der Waals surface area contributed by atoms with Crippen molar-refractivity contribution in [1.29, 1.82) is 0 Å². The molecule has 1 aromatic heterocycles. The van der Waals surface area contributed by atoms with E-state index >= 15 is 0 Å². The predicted molar refractivity (Wildman–Crippen MR) is 118 cm³/mol. The number of pyridine rings is 1. The van der Waals surface area contributed by atoms with Gasteiger partial charge in [0.05, 0.1) is 16.6 Å². The van der Waals surface area contributed by atoms with E-state index in [0.29, 0.717) is 12.0 Å². The summed E-state index contributed by atoms with van der Waals surface area (Å²) < 4.78 is 0.861. The van der Waals surface area contributed by atoms with Gasteiger partial charge in [0.1, 0.15) is 6.04 Å². The van der Waals surface area contributed by atoms with Gasteiger partial charge in [-0.15, -0.1) is 0 Å². The van der Waals surface area contributed by atoms with Crippen LogP contribution in [0.4, 0.5) is 0 Å². The number of halogens is 1. The van der Waals surface area contributed by atoms with Crippen molar-refractivity contribution in [1.82, 2.24) is 10.3 Å². The van der Waals surface area contributed by atoms with Crippen LogP contribution in [0.3, 0.4) is 0 Å². The number of nitrogens with one attached hydrogen (secondary N) is 1. The number of carbonyl (C=O) groups excluding carboxylic acids is 2. The topological polar surface area (TPSA) is 85.1 Å². The van der Waals surface area contributed by atoms with Crippen LogP contribution in [0, 0.1) is 0 Å². The van der Waals surface area contributed by atoms with Gasteiger partial charge in [-0.05, 0) is 23.8 Å². The monoisotopic (exact) mass is 447 g/mol. The molecule has 4 aromatic rings. The van der Waals surface area contributed by atoms with Crippen LogP contribution in [0.2, 0.25) is 0 Å². The Labute approximate surface area is 176 Å². The van der Waals surface area contributed by atoms with Crippen molar-refractivity contribution in [2.24, 2.45) is 5.73 Å². The second-order valence-electron chi connectivity index (χ2n) is 6.75. The number of nitrogens with zero attached hydrogens (tertiary/aromatic N) is 1. The first-order valence-corrected chi connectivity index (χ1v) is 9.95. The maximum Gasteiger partial charge on any atom is 0.253 e. The molecule has 4 rings (SSSR count). The predicted octanol–water partition coefficient (Wildman–Crippen LogP) is 3.98. The standard InChI is InChI=1S/C23H18BrN3O2/c24-17-10-4-1-7-14(17)13-20(22(25)28)27-23(29)21-15-8-2-5-11-18(15)26-19-12-6-3-9-16(19)21/h1-12,20H,13H2,(H2,25,28)(H,27,29)/t20-/m1/s1. The molecule has 6 heteroatoms. The zero-order valence-electron chi connectivity index (χ0n) is 15.4. The first kappa shape index (κ1) is 19.1. The SMILES string of the molecule is NC(=O)[C@@H](Cc1ccccc1Br)NC(=O)c1c2ccccc2nc2ccccc12. The first-order chi connectivity index (χ1) is 14.0. The minimum atomic E-state index is -0.841. The second kappa shape index (κ2) is 8.01. The highest BCUT2D eigenvalue weighted by molar-refractivity contribution is 9.10. The Morgan fingerprint density at radius 2 is 1.45 bits per heavy atom. The van der Waals surface area contributed by atoms with Crippen molar-refractivity contribution >= 4 is 49.6 Å². The highest BCUT2D eigenvalue weighted by Gasteiger charge is 2.23. The molecule has 1 heterocycles. The third-order valence-electron chi connectivity index (χ3n) is 4.85. The molecule has 0 fully saturated rings. The molecular formula is C23H18BrN3O2. The summed E-state index contributed by atoms with van der Waals surface area (Å²) in [6, 6.07) is 21.6. The van der Waals surface area contributed by atoms with E-state index in [1.165, 1.54) is 0 Å². The van der Waals surface area contributed by atoms with Gasteiger partial charge < -0.3 is 11.1 Å². The smallest absolute Gasteiger partial charge is 0.253 e. The maximum absolute atomic E-state index is 13.3. The van der Waals surface area contributed by atoms with Crippen molar-refractivity contribution in [2.45, 2.75) is 12.5 Å². The first-order valence-electron chi connectivity index (χ1n) is 9.15. The van der Waals surface area contributed by atoms with Crippen LogP contribution < -0.4 is 11.1 Å². The maximum atomic E-state index is 13.3. The van der Waals surface area contributed by atoms with Crippen LogP contribution in [0.1, 0.15) is 15.9 Å². The molecule has 0 spiro atoms. The Bertz CT molecular complexity index is 1190. The average Bonchev–Trinajstić information content (AvgIpc) is 2.72. The molecular weight excluding hydrogens is 430 g/mol. The molecule has 0 saturated heterocycles. The molecule has 0 aliphatic carbocycles. The van der Waals surface area contributed by atoms with Crippen molar-refractivity contribution in [3.05, 3.63) is 88.4 Å². The van der Waals surface area contributed by atoms with E-state index < -0.39 is 11.9 Å². The lowest BCUT2D eigenvalue weighted by Crippen LogP contribution is -2.46. The molecule has 3 N–H and O–H groups in total. The summed E-state index contributed by atoms with van der Waals surface area (Å²) in [7, 11) is 0. The Hall–Kier alpha value is -3.25. The fourth-order valence-electron chi connectivity index (χ4n) is 3.42. The van der Waals surface area contributed by atoms with Crippen molar-refractivity contribution < 1.29 is 9.59 Å². The Balaban J connectivity index is 1.75. The molecule has 0 radical (unpaired) electrons. The highest BCUT2D eigenvalue weighted by atomic mass is 79.9. The lowest BCUT2D eigenvalue weighted by molar-refractivity contribution is -0.119. The van der Waals surface area contributed by atoms with E-state index in [-0.39, 0.29) is 5.91 Å². The number of amides is 2. The van der Waals surface area contributed by atoms with E-state index in [1.54, 1.807) is 0 Å². The Kier molecular flexibility index (Phi) is 5.27. The molecule has 0 saturated carbocycles. The molecule has 0 bridgehead atoms. The van der Waals surface area contributed by atoms with Crippen molar-refractivity contribution in [3.63, 3.8) is 0 Å². The van der Waals surface area contributed by atoms with Crippen LogP contribution in [0.25, 0.3) is 21.8 Å².